The first kappa shape index (κ1) is 19.6. The third-order valence-corrected chi connectivity index (χ3v) is 5.33. The molecule has 0 fully saturated rings. The summed E-state index contributed by atoms with van der Waals surface area (Å²) < 4.78 is 17.3. The summed E-state index contributed by atoms with van der Waals surface area (Å²) in [6, 6.07) is 0.898. The third-order valence-electron chi connectivity index (χ3n) is 2.18. The van der Waals surface area contributed by atoms with Crippen LogP contribution in [-0.2, 0) is 13.3 Å². The second kappa shape index (κ2) is 12.7. The van der Waals surface area contributed by atoms with Crippen LogP contribution < -0.4 is 5.32 Å². The molecule has 1 N–H and O–H groups in total. The summed E-state index contributed by atoms with van der Waals surface area (Å²) in [5.41, 5.74) is 0. The van der Waals surface area contributed by atoms with Crippen molar-refractivity contribution in [3.63, 3.8) is 0 Å². The highest BCUT2D eigenvalue weighted by atomic mass is 28.4. The third kappa shape index (κ3) is 8.93. The van der Waals surface area contributed by atoms with Crippen LogP contribution in [0.15, 0.2) is 0 Å². The van der Waals surface area contributed by atoms with E-state index in [0.29, 0.717) is 19.8 Å². The Morgan fingerprint density at radius 1 is 0.882 bits per heavy atom. The second-order valence-corrected chi connectivity index (χ2v) is 6.17. The van der Waals surface area contributed by atoms with E-state index in [4.69, 9.17) is 13.3 Å². The van der Waals surface area contributed by atoms with Crippen molar-refractivity contribution in [2.24, 2.45) is 0 Å². The lowest BCUT2D eigenvalue weighted by Crippen LogP contribution is -2.46. The Hall–Kier alpha value is 0.274. The second-order valence-electron chi connectivity index (χ2n) is 3.44. The summed E-state index contributed by atoms with van der Waals surface area (Å²) in [4.78, 5) is 0. The minimum atomic E-state index is -2.39. The molecular weight excluding hydrogens is 250 g/mol. The Bertz CT molecular complexity index is 145. The van der Waals surface area contributed by atoms with Crippen molar-refractivity contribution in [3.8, 4) is 0 Å². The van der Waals surface area contributed by atoms with Crippen molar-refractivity contribution < 1.29 is 13.3 Å². The van der Waals surface area contributed by atoms with Gasteiger partial charge in [0.25, 0.3) is 0 Å². The minimum Gasteiger partial charge on any atom is -0.374 e. The number of rotatable bonds is 11. The van der Waals surface area contributed by atoms with Gasteiger partial charge in [-0.2, -0.15) is 0 Å². The van der Waals surface area contributed by atoms with Crippen LogP contribution in [0.3, 0.4) is 0 Å². The van der Waals surface area contributed by atoms with E-state index in [-0.39, 0.29) is 11.0 Å². The smallest absolute Gasteiger partial charge is 0.374 e. The first-order chi connectivity index (χ1) is 7.74. The molecule has 0 unspecified atom stereocenters. The van der Waals surface area contributed by atoms with E-state index in [1.165, 1.54) is 0 Å². The van der Waals surface area contributed by atoms with Crippen LogP contribution >= 0.6 is 0 Å². The van der Waals surface area contributed by atoms with Gasteiger partial charge >= 0.3 is 8.80 Å². The van der Waals surface area contributed by atoms with Crippen molar-refractivity contribution >= 4 is 19.8 Å². The number of hydrogen-bond donors (Lipinski definition) is 1. The zero-order valence-electron chi connectivity index (χ0n) is 11.2. The summed E-state index contributed by atoms with van der Waals surface area (Å²) in [5, 5.41) is 3.30. The summed E-state index contributed by atoms with van der Waals surface area (Å²) in [7, 11) is -2.39. The zero-order valence-corrected chi connectivity index (χ0v) is 12.2. The molecular formula is C11H31NO3Si2. The molecule has 4 nitrogen and oxygen atoms in total. The molecule has 0 aliphatic heterocycles. The fourth-order valence-corrected chi connectivity index (χ4v) is 4.22. The first-order valence-electron chi connectivity index (χ1n) is 6.37. The summed E-state index contributed by atoms with van der Waals surface area (Å²) in [5.74, 6) is 0. The molecule has 0 saturated heterocycles. The molecule has 0 radical (unpaired) electrons. The lowest BCUT2D eigenvalue weighted by molar-refractivity contribution is 0.0708. The van der Waals surface area contributed by atoms with Crippen LogP contribution in [0.25, 0.3) is 0 Å². The van der Waals surface area contributed by atoms with Gasteiger partial charge in [-0.3, -0.25) is 0 Å². The van der Waals surface area contributed by atoms with Gasteiger partial charge in [-0.05, 0) is 51.2 Å². The highest BCUT2D eigenvalue weighted by Crippen LogP contribution is 2.17. The van der Waals surface area contributed by atoms with Crippen molar-refractivity contribution in [1.82, 2.24) is 5.32 Å². The van der Waals surface area contributed by atoms with E-state index in [0.717, 1.165) is 25.6 Å². The predicted octanol–water partition coefficient (Wildman–Crippen LogP) is 0.583. The van der Waals surface area contributed by atoms with E-state index in [1.807, 2.05) is 20.8 Å². The predicted molar refractivity (Wildman–Crippen MR) is 79.9 cm³/mol. The summed E-state index contributed by atoms with van der Waals surface area (Å²) in [6.45, 7) is 12.1. The van der Waals surface area contributed by atoms with E-state index in [1.54, 1.807) is 0 Å². The van der Waals surface area contributed by atoms with Crippen LogP contribution in [0.4, 0.5) is 0 Å². The topological polar surface area (TPSA) is 39.7 Å². The average Bonchev–Trinajstić information content (AvgIpc) is 2.26. The van der Waals surface area contributed by atoms with Gasteiger partial charge in [0.05, 0.1) is 0 Å². The standard InChI is InChI=1S/C11H27NO3Si.H4Si/c1-5-12-10-9-11-16(13-6-2,14-7-3)15-8-4;/h12H,5-11H2,1-4H3;1H4. The highest BCUT2D eigenvalue weighted by molar-refractivity contribution is 6.60. The Morgan fingerprint density at radius 2 is 1.35 bits per heavy atom. The van der Waals surface area contributed by atoms with Crippen LogP contribution in [0.5, 0.6) is 0 Å². The van der Waals surface area contributed by atoms with Gasteiger partial charge in [0.1, 0.15) is 0 Å². The van der Waals surface area contributed by atoms with Gasteiger partial charge < -0.3 is 18.6 Å². The van der Waals surface area contributed by atoms with E-state index >= 15 is 0 Å². The molecule has 0 aromatic rings. The minimum absolute atomic E-state index is 0. The largest absolute Gasteiger partial charge is 0.500 e. The Labute approximate surface area is 112 Å². The SMILES string of the molecule is CCNCCC[Si](OCC)(OCC)OCC.[SiH4]. The first-order valence-corrected chi connectivity index (χ1v) is 8.30. The maximum Gasteiger partial charge on any atom is 0.500 e. The fourth-order valence-electron chi connectivity index (χ4n) is 1.61. The van der Waals surface area contributed by atoms with E-state index in [9.17, 15) is 0 Å². The van der Waals surface area contributed by atoms with Crippen LogP contribution in [0.2, 0.25) is 6.04 Å². The van der Waals surface area contributed by atoms with Crippen LogP contribution in [-0.4, -0.2) is 52.7 Å². The van der Waals surface area contributed by atoms with Gasteiger partial charge in [0, 0.05) is 25.9 Å². The molecule has 0 heterocycles. The molecule has 6 heteroatoms. The molecule has 0 aliphatic carbocycles. The maximum absolute atomic E-state index is 5.76. The molecule has 0 saturated carbocycles. The Balaban J connectivity index is 0. The van der Waals surface area contributed by atoms with Crippen molar-refractivity contribution in [2.75, 3.05) is 32.9 Å². The summed E-state index contributed by atoms with van der Waals surface area (Å²) in [6.07, 6.45) is 1.04. The molecule has 0 amide bonds. The monoisotopic (exact) mass is 281 g/mol. The normalized spacial score (nSPS) is 11.3. The van der Waals surface area contributed by atoms with Gasteiger partial charge in [-0.1, -0.05) is 6.92 Å². The molecule has 106 valence electrons. The van der Waals surface area contributed by atoms with Crippen LogP contribution in [0.1, 0.15) is 34.1 Å². The van der Waals surface area contributed by atoms with Crippen molar-refractivity contribution in [1.29, 1.82) is 0 Å². The molecule has 17 heavy (non-hydrogen) atoms. The van der Waals surface area contributed by atoms with Gasteiger partial charge in [0.15, 0.2) is 0 Å². The fraction of sp³-hybridized carbons (Fsp3) is 1.00. The quantitative estimate of drug-likeness (QED) is 0.444. The van der Waals surface area contributed by atoms with Gasteiger partial charge in [-0.25, -0.2) is 0 Å². The highest BCUT2D eigenvalue weighted by Gasteiger charge is 2.39. The molecule has 0 aliphatic rings. The van der Waals surface area contributed by atoms with Gasteiger partial charge in [0.2, 0.25) is 0 Å². The molecule has 0 aromatic heterocycles. The lowest BCUT2D eigenvalue weighted by Gasteiger charge is -2.28. The maximum atomic E-state index is 5.76. The van der Waals surface area contributed by atoms with Crippen molar-refractivity contribution in [3.05, 3.63) is 0 Å². The molecule has 0 bridgehead atoms. The van der Waals surface area contributed by atoms with Gasteiger partial charge in [-0.15, -0.1) is 0 Å². The van der Waals surface area contributed by atoms with Crippen molar-refractivity contribution in [2.45, 2.75) is 40.2 Å². The lowest BCUT2D eigenvalue weighted by atomic mass is 10.5. The molecule has 0 rings (SSSR count). The number of hydrogen-bond acceptors (Lipinski definition) is 4. The van der Waals surface area contributed by atoms with E-state index in [2.05, 4.69) is 12.2 Å². The Kier molecular flexibility index (Phi) is 14.7. The average molecular weight is 282 g/mol. The molecule has 0 aromatic carbocycles. The Morgan fingerprint density at radius 3 is 1.71 bits per heavy atom. The molecule has 0 spiro atoms. The van der Waals surface area contributed by atoms with E-state index < -0.39 is 8.80 Å². The summed E-state index contributed by atoms with van der Waals surface area (Å²) >= 11 is 0. The van der Waals surface area contributed by atoms with Crippen LogP contribution in [0, 0.1) is 0 Å². The zero-order chi connectivity index (χ0) is 12.3. The molecule has 0 atom stereocenters. The number of nitrogens with one attached hydrogen (secondary N) is 1.